The first-order chi connectivity index (χ1) is 15.2. The molecule has 1 atom stereocenters. The number of hydrogen-bond donors (Lipinski definition) is 0. The maximum atomic E-state index is 12.4. The summed E-state index contributed by atoms with van der Waals surface area (Å²) in [6.45, 7) is 9.53. The molecule has 1 aliphatic heterocycles. The number of esters is 1. The van der Waals surface area contributed by atoms with Crippen molar-refractivity contribution in [2.45, 2.75) is 46.1 Å². The Labute approximate surface area is 191 Å². The van der Waals surface area contributed by atoms with Crippen LogP contribution in [0, 0.1) is 11.8 Å². The Balaban J connectivity index is 1.89. The van der Waals surface area contributed by atoms with Gasteiger partial charge in [-0.2, -0.15) is 0 Å². The van der Waals surface area contributed by atoms with Crippen molar-refractivity contribution in [3.8, 4) is 5.75 Å². The Morgan fingerprint density at radius 1 is 1.00 bits per heavy atom. The van der Waals surface area contributed by atoms with Gasteiger partial charge in [-0.3, -0.25) is 9.80 Å². The van der Waals surface area contributed by atoms with Crippen molar-refractivity contribution in [3.63, 3.8) is 0 Å². The zero-order valence-electron chi connectivity index (χ0n) is 20.2. The lowest BCUT2D eigenvalue weighted by atomic mass is 9.82. The van der Waals surface area contributed by atoms with Gasteiger partial charge in [-0.05, 0) is 41.9 Å². The zero-order chi connectivity index (χ0) is 23.7. The topological polar surface area (TPSA) is 77.5 Å². The van der Waals surface area contributed by atoms with Crippen LogP contribution in [0.1, 0.15) is 45.6 Å². The number of rotatable bonds is 12. The van der Waals surface area contributed by atoms with Crippen LogP contribution in [-0.4, -0.2) is 75.3 Å². The molecule has 32 heavy (non-hydrogen) atoms. The van der Waals surface area contributed by atoms with Crippen LogP contribution in [-0.2, 0) is 19.0 Å². The first-order valence-electron chi connectivity index (χ1n) is 11.2. The Morgan fingerprint density at radius 3 is 2.03 bits per heavy atom. The first-order valence-corrected chi connectivity index (χ1v) is 11.2. The molecule has 2 rings (SSSR count). The van der Waals surface area contributed by atoms with Gasteiger partial charge in [-0.25, -0.2) is 9.59 Å². The normalized spacial score (nSPS) is 16.1. The van der Waals surface area contributed by atoms with E-state index in [1.54, 1.807) is 0 Å². The van der Waals surface area contributed by atoms with Crippen LogP contribution in [0.15, 0.2) is 24.3 Å². The number of amides is 2. The number of hydrogen-bond acceptors (Lipinski definition) is 6. The highest BCUT2D eigenvalue weighted by Crippen LogP contribution is 2.31. The second-order valence-electron chi connectivity index (χ2n) is 9.01. The largest absolute Gasteiger partial charge is 0.482 e. The summed E-state index contributed by atoms with van der Waals surface area (Å²) in [6.07, 6.45) is 0.646. The number of ether oxygens (including phenoxy) is 4. The molecular weight excluding hydrogens is 412 g/mol. The van der Waals surface area contributed by atoms with E-state index in [1.165, 1.54) is 29.6 Å². The van der Waals surface area contributed by atoms with Crippen LogP contribution in [0.4, 0.5) is 4.79 Å². The van der Waals surface area contributed by atoms with Crippen molar-refractivity contribution in [2.24, 2.45) is 11.8 Å². The van der Waals surface area contributed by atoms with Crippen molar-refractivity contribution in [2.75, 3.05) is 47.4 Å². The second kappa shape index (κ2) is 12.6. The van der Waals surface area contributed by atoms with Crippen LogP contribution in [0.5, 0.6) is 5.75 Å². The summed E-state index contributed by atoms with van der Waals surface area (Å²) in [6, 6.07) is 7.74. The number of nitrogens with zero attached hydrogens (tertiary/aromatic N) is 2. The van der Waals surface area contributed by atoms with E-state index in [9.17, 15) is 9.59 Å². The fourth-order valence-corrected chi connectivity index (χ4v) is 3.98. The lowest BCUT2D eigenvalue weighted by molar-refractivity contribution is -0.155. The lowest BCUT2D eigenvalue weighted by Crippen LogP contribution is -2.57. The number of carbonyl (C=O) groups is 2. The van der Waals surface area contributed by atoms with Crippen LogP contribution in [0.2, 0.25) is 0 Å². The number of benzene rings is 1. The molecule has 8 heteroatoms. The van der Waals surface area contributed by atoms with Gasteiger partial charge in [-0.15, -0.1) is 0 Å². The van der Waals surface area contributed by atoms with Gasteiger partial charge in [0.25, 0.3) is 0 Å². The van der Waals surface area contributed by atoms with Gasteiger partial charge in [0.2, 0.25) is 0 Å². The predicted octanol–water partition coefficient (Wildman–Crippen LogP) is 3.71. The summed E-state index contributed by atoms with van der Waals surface area (Å²) in [5, 5.41) is 0. The molecule has 8 nitrogen and oxygen atoms in total. The highest BCUT2D eigenvalue weighted by atomic mass is 16.6. The second-order valence-corrected chi connectivity index (χ2v) is 9.01. The van der Waals surface area contributed by atoms with E-state index in [-0.39, 0.29) is 39.2 Å². The van der Waals surface area contributed by atoms with Crippen molar-refractivity contribution in [3.05, 3.63) is 29.8 Å². The number of carbonyl (C=O) groups excluding carboxylic acids is 2. The summed E-state index contributed by atoms with van der Waals surface area (Å²) in [5.74, 6) is 1.81. The number of urea groups is 1. The van der Waals surface area contributed by atoms with Gasteiger partial charge >= 0.3 is 12.0 Å². The average molecular weight is 451 g/mol. The molecule has 0 radical (unpaired) electrons. The molecule has 180 valence electrons. The third-order valence-electron chi connectivity index (χ3n) is 5.45. The third-order valence-corrected chi connectivity index (χ3v) is 5.45. The summed E-state index contributed by atoms with van der Waals surface area (Å²) in [4.78, 5) is 27.6. The van der Waals surface area contributed by atoms with Crippen LogP contribution >= 0.6 is 0 Å². The molecule has 0 N–H and O–H groups in total. The molecule has 0 aromatic heterocycles. The molecule has 0 aliphatic carbocycles. The first kappa shape index (κ1) is 25.9. The fraction of sp³-hybridized carbons (Fsp3) is 0.667. The predicted molar refractivity (Wildman–Crippen MR) is 121 cm³/mol. The highest BCUT2D eigenvalue weighted by molar-refractivity contribution is 5.76. The van der Waals surface area contributed by atoms with Crippen LogP contribution in [0.3, 0.4) is 0 Å². The zero-order valence-corrected chi connectivity index (χ0v) is 20.2. The van der Waals surface area contributed by atoms with Crippen molar-refractivity contribution < 1.29 is 28.5 Å². The average Bonchev–Trinajstić information content (AvgIpc) is 2.74. The van der Waals surface area contributed by atoms with E-state index in [2.05, 4.69) is 39.8 Å². The van der Waals surface area contributed by atoms with E-state index >= 15 is 0 Å². The third kappa shape index (κ3) is 7.67. The maximum absolute atomic E-state index is 12.4. The molecule has 1 aliphatic rings. The summed E-state index contributed by atoms with van der Waals surface area (Å²) in [7, 11) is 3.02. The summed E-state index contributed by atoms with van der Waals surface area (Å²) < 4.78 is 21.3. The molecule has 0 bridgehead atoms. The molecular formula is C24H38N2O6. The minimum absolute atomic E-state index is 0.115. The maximum Gasteiger partial charge on any atom is 0.344 e. The van der Waals surface area contributed by atoms with Crippen LogP contribution in [0.25, 0.3) is 0 Å². The van der Waals surface area contributed by atoms with Crippen molar-refractivity contribution >= 4 is 12.0 Å². The minimum Gasteiger partial charge on any atom is -0.482 e. The Bertz CT molecular complexity index is 704. The smallest absolute Gasteiger partial charge is 0.344 e. The van der Waals surface area contributed by atoms with E-state index in [0.29, 0.717) is 23.5 Å². The van der Waals surface area contributed by atoms with Crippen LogP contribution < -0.4 is 4.74 Å². The van der Waals surface area contributed by atoms with Crippen molar-refractivity contribution in [1.29, 1.82) is 0 Å². The van der Waals surface area contributed by atoms with Gasteiger partial charge in [0.05, 0.1) is 13.1 Å². The minimum atomic E-state index is -0.487. The molecule has 1 unspecified atom stereocenters. The molecule has 2 amide bonds. The van der Waals surface area contributed by atoms with Gasteiger partial charge in [0, 0.05) is 14.2 Å². The molecule has 1 fully saturated rings. The lowest BCUT2D eigenvalue weighted by Gasteiger charge is -2.38. The van der Waals surface area contributed by atoms with Gasteiger partial charge in [0.1, 0.15) is 25.3 Å². The van der Waals surface area contributed by atoms with E-state index < -0.39 is 12.1 Å². The Morgan fingerprint density at radius 2 is 1.56 bits per heavy atom. The SMILES string of the molecule is COCN1CC(OC(=O)COc2ccc(C(CC(C)C)C(C)C)cc2)CN(COC)C1=O. The Hall–Kier alpha value is -2.32. The highest BCUT2D eigenvalue weighted by Gasteiger charge is 2.33. The molecule has 1 aromatic rings. The van der Waals surface area contributed by atoms with E-state index in [1.807, 2.05) is 12.1 Å². The van der Waals surface area contributed by atoms with Gasteiger partial charge in [-0.1, -0.05) is 39.8 Å². The molecule has 1 saturated heterocycles. The number of methoxy groups -OCH3 is 2. The van der Waals surface area contributed by atoms with Crippen molar-refractivity contribution in [1.82, 2.24) is 9.80 Å². The fourth-order valence-electron chi connectivity index (χ4n) is 3.98. The van der Waals surface area contributed by atoms with Gasteiger partial charge < -0.3 is 18.9 Å². The quantitative estimate of drug-likeness (QED) is 0.452. The molecule has 1 heterocycles. The molecule has 1 aromatic carbocycles. The van der Waals surface area contributed by atoms with Gasteiger partial charge in [0.15, 0.2) is 6.61 Å². The molecule has 0 spiro atoms. The summed E-state index contributed by atoms with van der Waals surface area (Å²) in [5.41, 5.74) is 1.28. The monoisotopic (exact) mass is 450 g/mol. The Kier molecular flexibility index (Phi) is 10.3. The standard InChI is InChI=1S/C24H38N2O6/c1-17(2)11-22(18(3)4)19-7-9-20(10-8-19)31-14-23(27)32-21-12-25(15-29-5)24(28)26(13-21)16-30-6/h7-10,17-18,21-22H,11-16H2,1-6H3. The molecule has 0 saturated carbocycles. The van der Waals surface area contributed by atoms with E-state index in [4.69, 9.17) is 18.9 Å². The van der Waals surface area contributed by atoms with E-state index in [0.717, 1.165) is 6.42 Å². The summed E-state index contributed by atoms with van der Waals surface area (Å²) >= 11 is 0.